The van der Waals surface area contributed by atoms with Crippen LogP contribution in [0.1, 0.15) is 38.8 Å². The molecule has 0 saturated carbocycles. The van der Waals surface area contributed by atoms with Crippen LogP contribution in [0.4, 0.5) is 10.1 Å². The van der Waals surface area contributed by atoms with E-state index in [0.29, 0.717) is 28.8 Å². The molecule has 9 heteroatoms. The van der Waals surface area contributed by atoms with Crippen LogP contribution in [0.2, 0.25) is 0 Å². The molecule has 0 aliphatic heterocycles. The van der Waals surface area contributed by atoms with Crippen LogP contribution in [0.5, 0.6) is 5.75 Å². The summed E-state index contributed by atoms with van der Waals surface area (Å²) in [5.74, 6) is -0.761. The lowest BCUT2D eigenvalue weighted by Crippen LogP contribution is -2.51. The number of para-hydroxylation sites is 1. The molecular weight excluding hydrogens is 473 g/mol. The van der Waals surface area contributed by atoms with Crippen molar-refractivity contribution in [1.82, 2.24) is 20.3 Å². The molecule has 4 rings (SSSR count). The van der Waals surface area contributed by atoms with Crippen LogP contribution >= 0.6 is 0 Å². The van der Waals surface area contributed by atoms with E-state index in [4.69, 9.17) is 4.74 Å². The zero-order valence-corrected chi connectivity index (χ0v) is 21.3. The van der Waals surface area contributed by atoms with Gasteiger partial charge in [-0.15, -0.1) is 5.10 Å². The summed E-state index contributed by atoms with van der Waals surface area (Å²) in [7, 11) is 1.55. The van der Waals surface area contributed by atoms with Gasteiger partial charge in [-0.25, -0.2) is 9.07 Å². The molecule has 0 radical (unpaired) electrons. The summed E-state index contributed by atoms with van der Waals surface area (Å²) in [4.78, 5) is 29.1. The molecule has 4 aromatic rings. The topological polar surface area (TPSA) is 89.4 Å². The second-order valence-electron chi connectivity index (χ2n) is 9.38. The maximum atomic E-state index is 14.4. The highest BCUT2D eigenvalue weighted by Gasteiger charge is 2.35. The van der Waals surface area contributed by atoms with Gasteiger partial charge >= 0.3 is 0 Å². The standard InChI is InChI=1S/C28H30FN5O3/c1-5-28(2,3)30-27(36)26(19-13-15-22(37-4)16-14-19)34(21-10-8-9-20(29)17-21)25(35)18-33-24-12-7-6-11-23(24)31-32-33/h6-17,26H,5,18H2,1-4H3,(H,30,36)/t26-/m0/s1. The number of rotatable bonds is 9. The van der Waals surface area contributed by atoms with Crippen LogP contribution in [0, 0.1) is 5.82 Å². The molecule has 8 nitrogen and oxygen atoms in total. The van der Waals surface area contributed by atoms with E-state index in [1.54, 1.807) is 43.5 Å². The van der Waals surface area contributed by atoms with Gasteiger partial charge in [-0.3, -0.25) is 14.5 Å². The fraction of sp³-hybridized carbons (Fsp3) is 0.286. The largest absolute Gasteiger partial charge is 0.497 e. The lowest BCUT2D eigenvalue weighted by atomic mass is 9.98. The summed E-state index contributed by atoms with van der Waals surface area (Å²) < 4.78 is 21.1. The molecule has 0 bridgehead atoms. The van der Waals surface area contributed by atoms with Crippen molar-refractivity contribution >= 4 is 28.5 Å². The number of benzene rings is 3. The molecule has 1 N–H and O–H groups in total. The first kappa shape index (κ1) is 25.8. The summed E-state index contributed by atoms with van der Waals surface area (Å²) in [5, 5.41) is 11.3. The quantitative estimate of drug-likeness (QED) is 0.359. The number of fused-ring (bicyclic) bond motifs is 1. The summed E-state index contributed by atoms with van der Waals surface area (Å²) in [6, 6.07) is 18.7. The minimum Gasteiger partial charge on any atom is -0.497 e. The number of carbonyl (C=O) groups is 2. The number of anilines is 1. The average Bonchev–Trinajstić information content (AvgIpc) is 3.29. The van der Waals surface area contributed by atoms with Crippen molar-refractivity contribution in [3.63, 3.8) is 0 Å². The highest BCUT2D eigenvalue weighted by Crippen LogP contribution is 2.31. The van der Waals surface area contributed by atoms with Gasteiger partial charge < -0.3 is 10.1 Å². The first-order chi connectivity index (χ1) is 17.7. The third-order valence-corrected chi connectivity index (χ3v) is 6.34. The number of nitrogens with zero attached hydrogens (tertiary/aromatic N) is 4. The summed E-state index contributed by atoms with van der Waals surface area (Å²) >= 11 is 0. The molecule has 1 heterocycles. The van der Waals surface area contributed by atoms with Gasteiger partial charge in [0.1, 0.15) is 29.7 Å². The first-order valence-electron chi connectivity index (χ1n) is 12.0. The van der Waals surface area contributed by atoms with Crippen molar-refractivity contribution < 1.29 is 18.7 Å². The van der Waals surface area contributed by atoms with Gasteiger partial charge in [-0.1, -0.05) is 42.5 Å². The second-order valence-corrected chi connectivity index (χ2v) is 9.38. The predicted molar refractivity (Wildman–Crippen MR) is 140 cm³/mol. The van der Waals surface area contributed by atoms with E-state index in [0.717, 1.165) is 0 Å². The number of aromatic nitrogens is 3. The van der Waals surface area contributed by atoms with Crippen LogP contribution in [0.25, 0.3) is 11.0 Å². The Morgan fingerprint density at radius 2 is 1.81 bits per heavy atom. The maximum absolute atomic E-state index is 14.4. The van der Waals surface area contributed by atoms with E-state index < -0.39 is 29.2 Å². The van der Waals surface area contributed by atoms with Crippen LogP contribution in [0.15, 0.2) is 72.8 Å². The minimum absolute atomic E-state index is 0.200. The van der Waals surface area contributed by atoms with Gasteiger partial charge in [0.15, 0.2) is 0 Å². The van der Waals surface area contributed by atoms with E-state index in [-0.39, 0.29) is 12.2 Å². The van der Waals surface area contributed by atoms with Gasteiger partial charge in [0, 0.05) is 11.2 Å². The van der Waals surface area contributed by atoms with Crippen molar-refractivity contribution in [2.75, 3.05) is 12.0 Å². The number of methoxy groups -OCH3 is 1. The van der Waals surface area contributed by atoms with Crippen molar-refractivity contribution in [2.45, 2.75) is 45.3 Å². The molecular formula is C28H30FN5O3. The highest BCUT2D eigenvalue weighted by molar-refractivity contribution is 6.01. The van der Waals surface area contributed by atoms with Crippen LogP contribution < -0.4 is 15.0 Å². The molecule has 0 spiro atoms. The van der Waals surface area contributed by atoms with Gasteiger partial charge in [0.2, 0.25) is 11.8 Å². The first-order valence-corrected chi connectivity index (χ1v) is 12.0. The SMILES string of the molecule is CCC(C)(C)NC(=O)[C@H](c1ccc(OC)cc1)N(C(=O)Cn1nnc2ccccc21)c1cccc(F)c1. The van der Waals surface area contributed by atoms with Crippen molar-refractivity contribution in [3.05, 3.63) is 84.2 Å². The Balaban J connectivity index is 1.82. The lowest BCUT2D eigenvalue weighted by Gasteiger charge is -2.34. The van der Waals surface area contributed by atoms with E-state index in [2.05, 4.69) is 15.6 Å². The summed E-state index contributed by atoms with van der Waals surface area (Å²) in [6.45, 7) is 5.58. The second kappa shape index (κ2) is 10.8. The normalized spacial score (nSPS) is 12.2. The number of hydrogen-bond donors (Lipinski definition) is 1. The molecule has 2 amide bonds. The number of ether oxygens (including phenoxy) is 1. The molecule has 1 aromatic heterocycles. The molecule has 37 heavy (non-hydrogen) atoms. The molecule has 0 saturated heterocycles. The van der Waals surface area contributed by atoms with Crippen molar-refractivity contribution in [3.8, 4) is 5.75 Å². The number of hydrogen-bond acceptors (Lipinski definition) is 5. The lowest BCUT2D eigenvalue weighted by molar-refractivity contribution is -0.128. The third-order valence-electron chi connectivity index (χ3n) is 6.34. The van der Waals surface area contributed by atoms with E-state index in [1.807, 2.05) is 39.0 Å². The van der Waals surface area contributed by atoms with Crippen LogP contribution in [-0.4, -0.2) is 39.5 Å². The Morgan fingerprint density at radius 1 is 1.08 bits per heavy atom. The van der Waals surface area contributed by atoms with Crippen LogP contribution in [0.3, 0.4) is 0 Å². The Hall–Kier alpha value is -4.27. The molecule has 0 aliphatic rings. The zero-order chi connectivity index (χ0) is 26.6. The van der Waals surface area contributed by atoms with E-state index in [1.165, 1.54) is 27.8 Å². The summed E-state index contributed by atoms with van der Waals surface area (Å²) in [5.41, 5.74) is 1.58. The number of nitrogens with one attached hydrogen (secondary N) is 1. The predicted octanol–water partition coefficient (Wildman–Crippen LogP) is 4.66. The Bertz CT molecular complexity index is 1400. The van der Waals surface area contributed by atoms with Crippen molar-refractivity contribution in [1.29, 1.82) is 0 Å². The molecule has 0 unspecified atom stereocenters. The highest BCUT2D eigenvalue weighted by atomic mass is 19.1. The molecule has 0 aliphatic carbocycles. The smallest absolute Gasteiger partial charge is 0.249 e. The maximum Gasteiger partial charge on any atom is 0.249 e. The van der Waals surface area contributed by atoms with Gasteiger partial charge in [-0.05, 0) is 68.3 Å². The Morgan fingerprint density at radius 3 is 2.49 bits per heavy atom. The summed E-state index contributed by atoms with van der Waals surface area (Å²) in [6.07, 6.45) is 0.674. The van der Waals surface area contributed by atoms with Crippen molar-refractivity contribution in [2.24, 2.45) is 0 Å². The van der Waals surface area contributed by atoms with Gasteiger partial charge in [0.25, 0.3) is 0 Å². The van der Waals surface area contributed by atoms with Gasteiger partial charge in [0.05, 0.1) is 12.6 Å². The average molecular weight is 504 g/mol. The fourth-order valence-corrected chi connectivity index (χ4v) is 4.00. The van der Waals surface area contributed by atoms with Gasteiger partial charge in [-0.2, -0.15) is 0 Å². The van der Waals surface area contributed by atoms with E-state index >= 15 is 0 Å². The number of amides is 2. The molecule has 1 atom stereocenters. The van der Waals surface area contributed by atoms with E-state index in [9.17, 15) is 14.0 Å². The molecule has 0 fully saturated rings. The van der Waals surface area contributed by atoms with Crippen LogP contribution in [-0.2, 0) is 16.1 Å². The molecule has 192 valence electrons. The molecule has 3 aromatic carbocycles. The monoisotopic (exact) mass is 503 g/mol. The number of halogens is 1. The number of carbonyl (C=O) groups excluding carboxylic acids is 2. The minimum atomic E-state index is -1.08. The Kier molecular flexibility index (Phi) is 7.52. The third kappa shape index (κ3) is 5.77. The fourth-order valence-electron chi connectivity index (χ4n) is 4.00. The zero-order valence-electron chi connectivity index (χ0n) is 21.3. The Labute approximate surface area is 215 Å².